The van der Waals surface area contributed by atoms with Gasteiger partial charge >= 0.3 is 0 Å². The van der Waals surface area contributed by atoms with Gasteiger partial charge in [-0.05, 0) is 24.6 Å². The molecule has 1 aromatic carbocycles. The van der Waals surface area contributed by atoms with Gasteiger partial charge in [-0.2, -0.15) is 4.31 Å². The number of benzene rings is 1. The first-order valence-electron chi connectivity index (χ1n) is 7.92. The lowest BCUT2D eigenvalue weighted by atomic mass is 10.2. The van der Waals surface area contributed by atoms with E-state index in [0.29, 0.717) is 28.6 Å². The second kappa shape index (κ2) is 7.23. The molecule has 1 saturated heterocycles. The van der Waals surface area contributed by atoms with E-state index < -0.39 is 10.0 Å². The van der Waals surface area contributed by atoms with Gasteiger partial charge in [0.25, 0.3) is 0 Å². The lowest BCUT2D eigenvalue weighted by Crippen LogP contribution is -2.49. The van der Waals surface area contributed by atoms with Crippen molar-refractivity contribution in [1.82, 2.24) is 18.8 Å². The van der Waals surface area contributed by atoms with E-state index in [4.69, 9.17) is 11.6 Å². The molecule has 0 aliphatic carbocycles. The van der Waals surface area contributed by atoms with Crippen LogP contribution in [0.2, 0.25) is 5.02 Å². The maximum Gasteiger partial charge on any atom is 0.243 e. The third kappa shape index (κ3) is 3.64. The molecule has 1 aromatic heterocycles. The van der Waals surface area contributed by atoms with Crippen molar-refractivity contribution in [3.8, 4) is 0 Å². The van der Waals surface area contributed by atoms with E-state index >= 15 is 0 Å². The van der Waals surface area contributed by atoms with Gasteiger partial charge in [-0.15, -0.1) is 0 Å². The largest absolute Gasteiger partial charge is 0.336 e. The second-order valence-electron chi connectivity index (χ2n) is 5.91. The van der Waals surface area contributed by atoms with E-state index in [2.05, 4.69) is 9.88 Å². The molecule has 1 aliphatic heterocycles. The highest BCUT2D eigenvalue weighted by Gasteiger charge is 2.29. The SMILES string of the molecule is Cc1c(Cl)cccc1S(=O)(=O)N1CCN(CCn2ccnc2)CC1. The Hall–Kier alpha value is -1.41. The molecule has 0 spiro atoms. The molecule has 0 unspecified atom stereocenters. The molecule has 1 fully saturated rings. The van der Waals surface area contributed by atoms with Crippen molar-refractivity contribution in [3.05, 3.63) is 47.5 Å². The molecule has 2 heterocycles. The van der Waals surface area contributed by atoms with Crippen molar-refractivity contribution < 1.29 is 8.42 Å². The van der Waals surface area contributed by atoms with Crippen LogP contribution in [0.5, 0.6) is 0 Å². The smallest absolute Gasteiger partial charge is 0.243 e. The minimum atomic E-state index is -3.49. The van der Waals surface area contributed by atoms with Gasteiger partial charge in [0.05, 0.1) is 11.2 Å². The number of rotatable bonds is 5. The molecular formula is C16H21ClN4O2S. The summed E-state index contributed by atoms with van der Waals surface area (Å²) in [6.45, 7) is 5.95. The molecule has 0 amide bonds. The molecule has 130 valence electrons. The van der Waals surface area contributed by atoms with Crippen molar-refractivity contribution in [2.45, 2.75) is 18.4 Å². The number of sulfonamides is 1. The summed E-state index contributed by atoms with van der Waals surface area (Å²) in [5.41, 5.74) is 0.613. The molecular weight excluding hydrogens is 348 g/mol. The predicted molar refractivity (Wildman–Crippen MR) is 93.6 cm³/mol. The Morgan fingerprint density at radius 2 is 1.92 bits per heavy atom. The Labute approximate surface area is 147 Å². The molecule has 0 saturated carbocycles. The maximum absolute atomic E-state index is 12.8. The molecule has 0 bridgehead atoms. The summed E-state index contributed by atoms with van der Waals surface area (Å²) in [4.78, 5) is 6.61. The fourth-order valence-electron chi connectivity index (χ4n) is 2.88. The zero-order chi connectivity index (χ0) is 17.2. The van der Waals surface area contributed by atoms with E-state index in [9.17, 15) is 8.42 Å². The summed E-state index contributed by atoms with van der Waals surface area (Å²) in [5, 5.41) is 0.482. The van der Waals surface area contributed by atoms with Crippen molar-refractivity contribution in [2.24, 2.45) is 0 Å². The summed E-state index contributed by atoms with van der Waals surface area (Å²) >= 11 is 6.07. The Balaban J connectivity index is 1.62. The Morgan fingerprint density at radius 3 is 2.58 bits per heavy atom. The zero-order valence-electron chi connectivity index (χ0n) is 13.6. The van der Waals surface area contributed by atoms with Gasteiger partial charge in [0.15, 0.2) is 0 Å². The predicted octanol–water partition coefficient (Wildman–Crippen LogP) is 1.85. The van der Waals surface area contributed by atoms with E-state index in [0.717, 1.165) is 26.2 Å². The molecule has 0 N–H and O–H groups in total. The Bertz CT molecular complexity index is 784. The van der Waals surface area contributed by atoms with Gasteiger partial charge in [0.1, 0.15) is 0 Å². The van der Waals surface area contributed by atoms with Gasteiger partial charge in [-0.3, -0.25) is 4.90 Å². The van der Waals surface area contributed by atoms with Crippen LogP contribution in [0.1, 0.15) is 5.56 Å². The van der Waals surface area contributed by atoms with Crippen LogP contribution in [0.3, 0.4) is 0 Å². The zero-order valence-corrected chi connectivity index (χ0v) is 15.2. The van der Waals surface area contributed by atoms with Crippen LogP contribution >= 0.6 is 11.6 Å². The van der Waals surface area contributed by atoms with Crippen molar-refractivity contribution in [2.75, 3.05) is 32.7 Å². The van der Waals surface area contributed by atoms with Crippen LogP contribution in [0.4, 0.5) is 0 Å². The molecule has 3 rings (SSSR count). The van der Waals surface area contributed by atoms with Crippen molar-refractivity contribution in [1.29, 1.82) is 0 Å². The first-order chi connectivity index (χ1) is 11.5. The summed E-state index contributed by atoms with van der Waals surface area (Å²) in [6.07, 6.45) is 5.49. The molecule has 1 aliphatic rings. The molecule has 2 aromatic rings. The van der Waals surface area contributed by atoms with Gasteiger partial charge in [0.2, 0.25) is 10.0 Å². The minimum absolute atomic E-state index is 0.307. The average Bonchev–Trinajstić information content (AvgIpc) is 3.09. The fourth-order valence-corrected chi connectivity index (χ4v) is 4.78. The number of imidazole rings is 1. The van der Waals surface area contributed by atoms with Crippen molar-refractivity contribution in [3.63, 3.8) is 0 Å². The normalized spacial score (nSPS) is 17.2. The number of hydrogen-bond acceptors (Lipinski definition) is 4. The van der Waals surface area contributed by atoms with Crippen LogP contribution in [-0.2, 0) is 16.6 Å². The van der Waals surface area contributed by atoms with E-state index in [1.165, 1.54) is 0 Å². The number of nitrogens with zero attached hydrogens (tertiary/aromatic N) is 4. The van der Waals surface area contributed by atoms with Crippen LogP contribution in [0.15, 0.2) is 41.8 Å². The number of halogens is 1. The highest BCUT2D eigenvalue weighted by atomic mass is 35.5. The molecule has 6 nitrogen and oxygen atoms in total. The van der Waals surface area contributed by atoms with Gasteiger partial charge in [-0.1, -0.05) is 17.7 Å². The third-order valence-electron chi connectivity index (χ3n) is 4.40. The first kappa shape index (κ1) is 17.4. The van der Waals surface area contributed by atoms with Gasteiger partial charge in [-0.25, -0.2) is 13.4 Å². The molecule has 8 heteroatoms. The molecule has 0 atom stereocenters. The van der Waals surface area contributed by atoms with Gasteiger partial charge in [0, 0.05) is 56.7 Å². The van der Waals surface area contributed by atoms with Crippen molar-refractivity contribution >= 4 is 21.6 Å². The average molecular weight is 369 g/mol. The lowest BCUT2D eigenvalue weighted by Gasteiger charge is -2.34. The van der Waals surface area contributed by atoms with E-state index in [-0.39, 0.29) is 0 Å². The number of hydrogen-bond donors (Lipinski definition) is 0. The number of aromatic nitrogens is 2. The summed E-state index contributed by atoms with van der Waals surface area (Å²) in [5.74, 6) is 0. The standard InChI is InChI=1S/C16H21ClN4O2S/c1-14-15(17)3-2-4-16(14)24(22,23)21-11-9-19(10-12-21)7-8-20-6-5-18-13-20/h2-6,13H,7-12H2,1H3. The van der Waals surface area contributed by atoms with E-state index in [1.54, 1.807) is 42.0 Å². The Kier molecular flexibility index (Phi) is 5.24. The van der Waals surface area contributed by atoms with E-state index in [1.807, 2.05) is 10.8 Å². The summed E-state index contributed by atoms with van der Waals surface area (Å²) in [6, 6.07) is 5.02. The highest BCUT2D eigenvalue weighted by Crippen LogP contribution is 2.26. The fraction of sp³-hybridized carbons (Fsp3) is 0.438. The molecule has 0 radical (unpaired) electrons. The first-order valence-corrected chi connectivity index (χ1v) is 9.73. The topological polar surface area (TPSA) is 58.4 Å². The minimum Gasteiger partial charge on any atom is -0.336 e. The maximum atomic E-state index is 12.8. The summed E-state index contributed by atoms with van der Waals surface area (Å²) < 4.78 is 29.3. The van der Waals surface area contributed by atoms with Gasteiger partial charge < -0.3 is 4.57 Å². The number of piperazine rings is 1. The monoisotopic (exact) mass is 368 g/mol. The van der Waals surface area contributed by atoms with Crippen LogP contribution in [0, 0.1) is 6.92 Å². The van der Waals surface area contributed by atoms with Crippen LogP contribution < -0.4 is 0 Å². The summed E-state index contributed by atoms with van der Waals surface area (Å²) in [7, 11) is -3.49. The lowest BCUT2D eigenvalue weighted by molar-refractivity contribution is 0.183. The quantitative estimate of drug-likeness (QED) is 0.808. The van der Waals surface area contributed by atoms with Crippen LogP contribution in [-0.4, -0.2) is 59.9 Å². The highest BCUT2D eigenvalue weighted by molar-refractivity contribution is 7.89. The Morgan fingerprint density at radius 1 is 1.17 bits per heavy atom. The third-order valence-corrected chi connectivity index (χ3v) is 6.85. The molecule has 24 heavy (non-hydrogen) atoms. The second-order valence-corrected chi connectivity index (χ2v) is 8.22. The van der Waals surface area contributed by atoms with Crippen LogP contribution in [0.25, 0.3) is 0 Å².